The molecule has 196 valence electrons. The van der Waals surface area contributed by atoms with E-state index in [1.807, 2.05) is 71.6 Å². The van der Waals surface area contributed by atoms with Gasteiger partial charge in [-0.05, 0) is 61.3 Å². The van der Waals surface area contributed by atoms with Crippen LogP contribution in [0.5, 0.6) is 5.75 Å². The van der Waals surface area contributed by atoms with E-state index in [4.69, 9.17) is 4.74 Å². The van der Waals surface area contributed by atoms with E-state index in [-0.39, 0.29) is 18.4 Å². The number of ether oxygens (including phenoxy) is 1. The highest BCUT2D eigenvalue weighted by Crippen LogP contribution is 2.25. The van der Waals surface area contributed by atoms with Crippen LogP contribution in [-0.4, -0.2) is 58.1 Å². The molecule has 0 bridgehead atoms. The number of amides is 1. The molecular formula is C32H35N3O3. The smallest absolute Gasteiger partial charge is 0.226 e. The van der Waals surface area contributed by atoms with Crippen LogP contribution in [0.1, 0.15) is 24.0 Å². The van der Waals surface area contributed by atoms with Gasteiger partial charge in [0.1, 0.15) is 18.5 Å². The number of aliphatic hydroxyl groups excluding tert-OH is 1. The van der Waals surface area contributed by atoms with Crippen LogP contribution in [0, 0.1) is 5.92 Å². The molecule has 1 N–H and O–H groups in total. The average Bonchev–Trinajstić information content (AvgIpc) is 2.97. The molecule has 1 amide bonds. The minimum atomic E-state index is -0.609. The fourth-order valence-corrected chi connectivity index (χ4v) is 5.18. The van der Waals surface area contributed by atoms with Gasteiger partial charge in [0.2, 0.25) is 5.91 Å². The van der Waals surface area contributed by atoms with Crippen LogP contribution in [0.15, 0.2) is 97.2 Å². The summed E-state index contributed by atoms with van der Waals surface area (Å²) in [6.07, 6.45) is 2.74. The number of benzene rings is 3. The number of piperidine rings is 1. The van der Waals surface area contributed by atoms with Crippen molar-refractivity contribution >= 4 is 16.8 Å². The average molecular weight is 510 g/mol. The van der Waals surface area contributed by atoms with Crippen LogP contribution < -0.4 is 4.74 Å². The Hall–Kier alpha value is -3.74. The summed E-state index contributed by atoms with van der Waals surface area (Å²) < 4.78 is 5.95. The minimum absolute atomic E-state index is 0.00440. The second-order valence-electron chi connectivity index (χ2n) is 10.0. The van der Waals surface area contributed by atoms with Gasteiger partial charge in [-0.1, -0.05) is 66.7 Å². The van der Waals surface area contributed by atoms with Gasteiger partial charge in [-0.15, -0.1) is 0 Å². The second-order valence-corrected chi connectivity index (χ2v) is 10.0. The van der Waals surface area contributed by atoms with Gasteiger partial charge < -0.3 is 19.6 Å². The zero-order valence-corrected chi connectivity index (χ0v) is 21.7. The van der Waals surface area contributed by atoms with Crippen LogP contribution in [0.3, 0.4) is 0 Å². The van der Waals surface area contributed by atoms with E-state index in [0.717, 1.165) is 53.7 Å². The predicted molar refractivity (Wildman–Crippen MR) is 150 cm³/mol. The number of hydrogen-bond acceptors (Lipinski definition) is 5. The van der Waals surface area contributed by atoms with Crippen LogP contribution in [-0.2, 0) is 17.9 Å². The maximum atomic E-state index is 13.6. The normalized spacial score (nSPS) is 15.3. The van der Waals surface area contributed by atoms with Gasteiger partial charge in [0.05, 0.1) is 5.52 Å². The molecule has 6 heteroatoms. The van der Waals surface area contributed by atoms with E-state index in [0.29, 0.717) is 19.6 Å². The SMILES string of the molecule is O=C(C1CCN(CC(O)COc2cccc3ncccc23)CC1)N(Cc1ccccc1)Cc1ccccc1. The van der Waals surface area contributed by atoms with Crippen molar-refractivity contribution in [1.29, 1.82) is 0 Å². The lowest BCUT2D eigenvalue weighted by Crippen LogP contribution is -2.44. The summed E-state index contributed by atoms with van der Waals surface area (Å²) >= 11 is 0. The van der Waals surface area contributed by atoms with Crippen molar-refractivity contribution < 1.29 is 14.6 Å². The Balaban J connectivity index is 1.14. The maximum absolute atomic E-state index is 13.6. The summed E-state index contributed by atoms with van der Waals surface area (Å²) in [5, 5.41) is 11.6. The molecule has 38 heavy (non-hydrogen) atoms. The Morgan fingerprint density at radius 1 is 0.895 bits per heavy atom. The van der Waals surface area contributed by atoms with Gasteiger partial charge in [0.25, 0.3) is 0 Å². The monoisotopic (exact) mass is 509 g/mol. The number of β-amino-alcohol motifs (C(OH)–C–C–N with tert-alkyl or cyclic N) is 1. The highest BCUT2D eigenvalue weighted by Gasteiger charge is 2.29. The standard InChI is InChI=1S/C32H35N3O3/c36-28(24-38-31-15-7-14-30-29(31)13-8-18-33-30)23-34-19-16-27(17-20-34)32(37)35(21-25-9-3-1-4-10-25)22-26-11-5-2-6-12-26/h1-15,18,27-28,36H,16-17,19-24H2. The van der Waals surface area contributed by atoms with E-state index < -0.39 is 6.10 Å². The Bertz CT molecular complexity index is 1260. The Morgan fingerprint density at radius 2 is 1.55 bits per heavy atom. The Labute approximate surface area is 224 Å². The van der Waals surface area contributed by atoms with Crippen LogP contribution in [0.2, 0.25) is 0 Å². The lowest BCUT2D eigenvalue weighted by atomic mass is 9.94. The number of likely N-dealkylation sites (tertiary alicyclic amines) is 1. The van der Waals surface area contributed by atoms with Crippen LogP contribution in [0.4, 0.5) is 0 Å². The lowest BCUT2D eigenvalue weighted by Gasteiger charge is -2.35. The summed E-state index contributed by atoms with van der Waals surface area (Å²) in [4.78, 5) is 22.2. The fourth-order valence-electron chi connectivity index (χ4n) is 5.18. The zero-order valence-electron chi connectivity index (χ0n) is 21.7. The summed E-state index contributed by atoms with van der Waals surface area (Å²) in [6.45, 7) is 3.53. The molecule has 3 aromatic carbocycles. The molecule has 1 fully saturated rings. The summed E-state index contributed by atoms with van der Waals surface area (Å²) in [7, 11) is 0. The van der Waals surface area contributed by atoms with Gasteiger partial charge in [-0.2, -0.15) is 0 Å². The Morgan fingerprint density at radius 3 is 2.21 bits per heavy atom. The van der Waals surface area contributed by atoms with E-state index in [1.54, 1.807) is 6.20 Å². The van der Waals surface area contributed by atoms with Crippen molar-refractivity contribution in [2.24, 2.45) is 5.92 Å². The minimum Gasteiger partial charge on any atom is -0.490 e. The number of rotatable bonds is 10. The summed E-state index contributed by atoms with van der Waals surface area (Å²) in [5.41, 5.74) is 3.15. The van der Waals surface area contributed by atoms with Crippen molar-refractivity contribution in [3.63, 3.8) is 0 Å². The highest BCUT2D eigenvalue weighted by atomic mass is 16.5. The van der Waals surface area contributed by atoms with Crippen molar-refractivity contribution in [2.45, 2.75) is 32.0 Å². The number of pyridine rings is 1. The van der Waals surface area contributed by atoms with Crippen LogP contribution in [0.25, 0.3) is 10.9 Å². The van der Waals surface area contributed by atoms with Gasteiger partial charge in [-0.3, -0.25) is 9.78 Å². The summed E-state index contributed by atoms with van der Waals surface area (Å²) in [6, 6.07) is 30.0. The van der Waals surface area contributed by atoms with E-state index in [2.05, 4.69) is 34.1 Å². The molecule has 0 spiro atoms. The van der Waals surface area contributed by atoms with E-state index in [9.17, 15) is 9.90 Å². The number of fused-ring (bicyclic) bond motifs is 1. The first-order valence-electron chi connectivity index (χ1n) is 13.4. The molecule has 2 heterocycles. The van der Waals surface area contributed by atoms with E-state index in [1.165, 1.54) is 0 Å². The molecule has 1 saturated heterocycles. The Kier molecular flexibility index (Phi) is 8.64. The molecular weight excluding hydrogens is 474 g/mol. The molecule has 0 radical (unpaired) electrons. The molecule has 1 aromatic heterocycles. The third-order valence-electron chi connectivity index (χ3n) is 7.19. The third kappa shape index (κ3) is 6.77. The van der Waals surface area contributed by atoms with Gasteiger partial charge in [-0.25, -0.2) is 0 Å². The predicted octanol–water partition coefficient (Wildman–Crippen LogP) is 4.92. The molecule has 1 aliphatic rings. The number of hydrogen-bond donors (Lipinski definition) is 1. The highest BCUT2D eigenvalue weighted by molar-refractivity contribution is 5.84. The van der Waals surface area contributed by atoms with Gasteiger partial charge >= 0.3 is 0 Å². The number of carbonyl (C=O) groups excluding carboxylic acids is 1. The number of aromatic nitrogens is 1. The van der Waals surface area contributed by atoms with Crippen LogP contribution >= 0.6 is 0 Å². The first-order chi connectivity index (χ1) is 18.7. The zero-order chi connectivity index (χ0) is 26.2. The largest absolute Gasteiger partial charge is 0.490 e. The molecule has 4 aromatic rings. The topological polar surface area (TPSA) is 65.9 Å². The maximum Gasteiger partial charge on any atom is 0.226 e. The number of carbonyl (C=O) groups is 1. The quantitative estimate of drug-likeness (QED) is 0.329. The second kappa shape index (κ2) is 12.7. The lowest BCUT2D eigenvalue weighted by molar-refractivity contribution is -0.138. The number of aliphatic hydroxyl groups is 1. The number of nitrogens with zero attached hydrogens (tertiary/aromatic N) is 3. The van der Waals surface area contributed by atoms with Crippen molar-refractivity contribution in [3.05, 3.63) is 108 Å². The molecule has 1 unspecified atom stereocenters. The van der Waals surface area contributed by atoms with Gasteiger partial charge in [0, 0.05) is 37.1 Å². The van der Waals surface area contributed by atoms with Gasteiger partial charge in [0.15, 0.2) is 0 Å². The molecule has 0 saturated carbocycles. The molecule has 0 aliphatic carbocycles. The first-order valence-corrected chi connectivity index (χ1v) is 13.4. The van der Waals surface area contributed by atoms with Crippen molar-refractivity contribution in [3.8, 4) is 5.75 Å². The molecule has 6 nitrogen and oxygen atoms in total. The third-order valence-corrected chi connectivity index (χ3v) is 7.19. The summed E-state index contributed by atoms with van der Waals surface area (Å²) in [5.74, 6) is 0.942. The van der Waals surface area contributed by atoms with Crippen molar-refractivity contribution in [1.82, 2.24) is 14.8 Å². The van der Waals surface area contributed by atoms with E-state index >= 15 is 0 Å². The van der Waals surface area contributed by atoms with Crippen molar-refractivity contribution in [2.75, 3.05) is 26.2 Å². The molecule has 1 aliphatic heterocycles. The molecule has 1 atom stereocenters. The molecule has 5 rings (SSSR count). The first kappa shape index (κ1) is 25.9. The fraction of sp³-hybridized carbons (Fsp3) is 0.312.